The number of phenolic OH excluding ortho intramolecular Hbond substituents is 1. The summed E-state index contributed by atoms with van der Waals surface area (Å²) in [6.07, 6.45) is 2.18. The van der Waals surface area contributed by atoms with Gasteiger partial charge in [0.2, 0.25) is 11.8 Å². The number of nitrogens with zero attached hydrogens (tertiary/aromatic N) is 3. The van der Waals surface area contributed by atoms with Gasteiger partial charge in [-0.2, -0.15) is 5.01 Å². The lowest BCUT2D eigenvalue weighted by Crippen LogP contribution is -2.53. The lowest BCUT2D eigenvalue weighted by atomic mass is 9.49. The number of amides is 4. The molecular formula is C42H35Cl2FN4O6. The number of ether oxygens (including phenoxy) is 1. The largest absolute Gasteiger partial charge is 0.508 e. The van der Waals surface area contributed by atoms with Crippen molar-refractivity contribution >= 4 is 63.9 Å². The van der Waals surface area contributed by atoms with Crippen LogP contribution in [-0.4, -0.2) is 60.0 Å². The second-order valence-electron chi connectivity index (χ2n) is 14.7. The number of aromatic hydroxyl groups is 1. The van der Waals surface area contributed by atoms with E-state index in [2.05, 4.69) is 10.3 Å². The molecule has 13 heteroatoms. The number of fused-ring (bicyclic) bond motifs is 4. The van der Waals surface area contributed by atoms with Crippen molar-refractivity contribution in [3.63, 3.8) is 0 Å². The molecular weight excluding hydrogens is 746 g/mol. The predicted octanol–water partition coefficient (Wildman–Crippen LogP) is 6.86. The molecule has 4 amide bonds. The van der Waals surface area contributed by atoms with Gasteiger partial charge in [-0.25, -0.2) is 4.39 Å². The van der Waals surface area contributed by atoms with Crippen LogP contribution in [0.2, 0.25) is 10.0 Å². The van der Waals surface area contributed by atoms with E-state index in [0.29, 0.717) is 51.3 Å². The molecule has 10 nitrogen and oxygen atoms in total. The number of carbonyl (C=O) groups is 4. The Kier molecular flexibility index (Phi) is 8.71. The van der Waals surface area contributed by atoms with E-state index in [-0.39, 0.29) is 30.4 Å². The SMILES string of the molecule is O=C1[C@@H]2C[C@@H]3C(=CC[C@@H]4C(=O)N(c5ccc(N6CCOCC6)cc5)C(=O)[C@@H]43)[C@H](c3cc(Cl)ccc3O)[C@]2(c2ccc(Cl)cc2)C(=O)N1Nc1ccc(F)cc1. The van der Waals surface area contributed by atoms with Crippen molar-refractivity contribution in [1.82, 2.24) is 5.01 Å². The van der Waals surface area contributed by atoms with E-state index in [1.807, 2.05) is 18.2 Å². The Morgan fingerprint density at radius 2 is 1.45 bits per heavy atom. The molecule has 4 aromatic rings. The number of hydrogen-bond acceptors (Lipinski definition) is 8. The Hall–Kier alpha value is -5.23. The molecule has 9 rings (SSSR count). The maximum Gasteiger partial charge on any atom is 0.260 e. The summed E-state index contributed by atoms with van der Waals surface area (Å²) >= 11 is 13.0. The third-order valence-electron chi connectivity index (χ3n) is 12.0. The first-order chi connectivity index (χ1) is 26.6. The topological polar surface area (TPSA) is 119 Å². The van der Waals surface area contributed by atoms with Crippen LogP contribution >= 0.6 is 23.2 Å². The monoisotopic (exact) mass is 780 g/mol. The summed E-state index contributed by atoms with van der Waals surface area (Å²) in [6, 6.07) is 23.9. The first kappa shape index (κ1) is 35.5. The number of morpholine rings is 1. The zero-order chi connectivity index (χ0) is 38.2. The van der Waals surface area contributed by atoms with Gasteiger partial charge in [0.05, 0.1) is 47.8 Å². The van der Waals surface area contributed by atoms with Gasteiger partial charge in [0.25, 0.3) is 11.8 Å². The van der Waals surface area contributed by atoms with Gasteiger partial charge in [-0.15, -0.1) is 0 Å². The van der Waals surface area contributed by atoms with Gasteiger partial charge in [0, 0.05) is 40.3 Å². The summed E-state index contributed by atoms with van der Waals surface area (Å²) < 4.78 is 19.4. The van der Waals surface area contributed by atoms with Crippen molar-refractivity contribution in [1.29, 1.82) is 0 Å². The van der Waals surface area contributed by atoms with E-state index in [0.717, 1.165) is 23.8 Å². The summed E-state index contributed by atoms with van der Waals surface area (Å²) in [4.78, 5) is 62.4. The first-order valence-corrected chi connectivity index (χ1v) is 19.0. The molecule has 2 N–H and O–H groups in total. The maximum atomic E-state index is 15.3. The molecule has 55 heavy (non-hydrogen) atoms. The minimum Gasteiger partial charge on any atom is -0.508 e. The van der Waals surface area contributed by atoms with Gasteiger partial charge < -0.3 is 14.7 Å². The fraction of sp³-hybridized carbons (Fsp3) is 0.286. The highest BCUT2D eigenvalue weighted by molar-refractivity contribution is 6.31. The molecule has 3 saturated heterocycles. The van der Waals surface area contributed by atoms with Crippen LogP contribution in [-0.2, 0) is 29.3 Å². The molecule has 3 aliphatic heterocycles. The van der Waals surface area contributed by atoms with Crippen molar-refractivity contribution < 1.29 is 33.4 Å². The highest BCUT2D eigenvalue weighted by Crippen LogP contribution is 2.65. The standard InChI is InChI=1S/C42H35Cl2FN4O6/c43-24-3-1-23(2-4-24)42-34(39(52)49(41(42)54)46-27-8-6-26(45)7-9-27)22-32-30(37(42)33-21-25(44)5-16-35(33)50)14-15-31-36(32)40(53)48(38(31)51)29-12-10-28(11-13-29)47-17-19-55-20-18-47/h1-14,16,21,31-32,34,36-37,46,50H,15,17-20,22H2/t31-,32+,34-,36-,37+,42+/m0/s1. The van der Waals surface area contributed by atoms with E-state index >= 15 is 4.79 Å². The van der Waals surface area contributed by atoms with E-state index in [9.17, 15) is 23.9 Å². The summed E-state index contributed by atoms with van der Waals surface area (Å²) in [5.74, 6) is -6.74. The fourth-order valence-corrected chi connectivity index (χ4v) is 9.95. The number of imide groups is 2. The van der Waals surface area contributed by atoms with Crippen LogP contribution in [0.5, 0.6) is 5.75 Å². The Labute approximate surface area is 326 Å². The van der Waals surface area contributed by atoms with Gasteiger partial charge in [-0.05, 0) is 103 Å². The van der Waals surface area contributed by atoms with E-state index < -0.39 is 52.6 Å². The minimum absolute atomic E-state index is 0.0580. The van der Waals surface area contributed by atoms with Crippen LogP contribution in [0.3, 0.4) is 0 Å². The number of hydrogen-bond donors (Lipinski definition) is 2. The number of anilines is 3. The van der Waals surface area contributed by atoms with E-state index in [1.54, 1.807) is 42.5 Å². The molecule has 3 heterocycles. The van der Waals surface area contributed by atoms with Crippen molar-refractivity contribution in [3.8, 4) is 5.75 Å². The lowest BCUT2D eigenvalue weighted by molar-refractivity contribution is -0.138. The minimum atomic E-state index is -1.65. The number of hydrazine groups is 1. The van der Waals surface area contributed by atoms with Crippen LogP contribution in [0.15, 0.2) is 103 Å². The Balaban J connectivity index is 1.17. The molecule has 0 spiro atoms. The molecule has 2 aliphatic carbocycles. The van der Waals surface area contributed by atoms with Crippen LogP contribution in [0.1, 0.15) is 29.9 Å². The third-order valence-corrected chi connectivity index (χ3v) is 12.5. The zero-order valence-electron chi connectivity index (χ0n) is 29.3. The average molecular weight is 782 g/mol. The molecule has 4 aromatic carbocycles. The van der Waals surface area contributed by atoms with Crippen molar-refractivity contribution in [3.05, 3.63) is 130 Å². The molecule has 1 saturated carbocycles. The molecule has 280 valence electrons. The van der Waals surface area contributed by atoms with Gasteiger partial charge in [-0.3, -0.25) is 29.5 Å². The molecule has 0 unspecified atom stereocenters. The van der Waals surface area contributed by atoms with Gasteiger partial charge in [-0.1, -0.05) is 47.0 Å². The zero-order valence-corrected chi connectivity index (χ0v) is 30.8. The fourth-order valence-electron chi connectivity index (χ4n) is 9.64. The quantitative estimate of drug-likeness (QED) is 0.161. The van der Waals surface area contributed by atoms with Crippen LogP contribution < -0.4 is 15.2 Å². The lowest BCUT2D eigenvalue weighted by Gasteiger charge is -2.50. The Morgan fingerprint density at radius 3 is 2.16 bits per heavy atom. The van der Waals surface area contributed by atoms with Gasteiger partial charge in [0.15, 0.2) is 0 Å². The van der Waals surface area contributed by atoms with Crippen molar-refractivity contribution in [2.45, 2.75) is 24.2 Å². The molecule has 4 fully saturated rings. The number of benzene rings is 4. The highest BCUT2D eigenvalue weighted by atomic mass is 35.5. The van der Waals surface area contributed by atoms with E-state index in [4.69, 9.17) is 27.9 Å². The molecule has 5 aliphatic rings. The van der Waals surface area contributed by atoms with Crippen molar-refractivity contribution in [2.75, 3.05) is 41.5 Å². The number of phenols is 1. The maximum absolute atomic E-state index is 15.3. The normalized spacial score (nSPS) is 27.5. The third kappa shape index (κ3) is 5.54. The Bertz CT molecular complexity index is 2260. The molecule has 0 bridgehead atoms. The summed E-state index contributed by atoms with van der Waals surface area (Å²) in [5.41, 5.74) is 4.45. The predicted molar refractivity (Wildman–Crippen MR) is 204 cm³/mol. The summed E-state index contributed by atoms with van der Waals surface area (Å²) in [6.45, 7) is 2.71. The van der Waals surface area contributed by atoms with Gasteiger partial charge >= 0.3 is 0 Å². The first-order valence-electron chi connectivity index (χ1n) is 18.2. The summed E-state index contributed by atoms with van der Waals surface area (Å²) in [7, 11) is 0. The number of halogens is 3. The molecule has 0 aromatic heterocycles. The average Bonchev–Trinajstić information content (AvgIpc) is 3.58. The number of allylic oxidation sites excluding steroid dienone is 2. The number of nitrogens with one attached hydrogen (secondary N) is 1. The number of rotatable bonds is 6. The van der Waals surface area contributed by atoms with Crippen LogP contribution in [0.4, 0.5) is 21.5 Å². The Morgan fingerprint density at radius 1 is 0.782 bits per heavy atom. The molecule has 6 atom stereocenters. The smallest absolute Gasteiger partial charge is 0.260 e. The summed E-state index contributed by atoms with van der Waals surface area (Å²) in [5, 5.41) is 13.2. The van der Waals surface area contributed by atoms with Gasteiger partial charge in [0.1, 0.15) is 11.6 Å². The van der Waals surface area contributed by atoms with Crippen molar-refractivity contribution in [2.24, 2.45) is 23.7 Å². The highest BCUT2D eigenvalue weighted by Gasteiger charge is 2.70. The van der Waals surface area contributed by atoms with Crippen LogP contribution in [0.25, 0.3) is 0 Å². The number of carbonyl (C=O) groups excluding carboxylic acids is 4. The second-order valence-corrected chi connectivity index (χ2v) is 15.6. The molecule has 0 radical (unpaired) electrons. The second kappa shape index (κ2) is 13.5. The van der Waals surface area contributed by atoms with Crippen LogP contribution in [0, 0.1) is 29.5 Å². The van der Waals surface area contributed by atoms with E-state index in [1.165, 1.54) is 41.3 Å².